The molecule has 3 nitrogen and oxygen atoms in total. The van der Waals surface area contributed by atoms with Gasteiger partial charge in [-0.2, -0.15) is 0 Å². The number of rotatable bonds is 3. The Morgan fingerprint density at radius 1 is 0.489 bits per heavy atom. The van der Waals surface area contributed by atoms with Crippen molar-refractivity contribution in [2.24, 2.45) is 0 Å². The van der Waals surface area contributed by atoms with Crippen molar-refractivity contribution in [2.75, 3.05) is 0 Å². The number of nitrogens with zero attached hydrogens (tertiary/aromatic N) is 3. The van der Waals surface area contributed by atoms with Crippen LogP contribution in [0.3, 0.4) is 0 Å². The summed E-state index contributed by atoms with van der Waals surface area (Å²) in [6, 6.07) is 49.5. The van der Waals surface area contributed by atoms with E-state index < -0.39 is 6.04 Å². The van der Waals surface area contributed by atoms with Gasteiger partial charge >= 0.3 is 0 Å². The summed E-state index contributed by atoms with van der Waals surface area (Å²) in [5.41, 5.74) is 4.06. The van der Waals surface area contributed by atoms with Crippen LogP contribution < -0.4 is 15.9 Å². The molecule has 0 amide bonds. The van der Waals surface area contributed by atoms with Crippen LogP contribution in [-0.2, 0) is 11.8 Å². The second-order valence-electron chi connectivity index (χ2n) is 12.2. The summed E-state index contributed by atoms with van der Waals surface area (Å²) < 4.78 is 2.28. The lowest BCUT2D eigenvalue weighted by atomic mass is 10.0. The number of imidazole rings is 1. The minimum atomic E-state index is -2.67. The maximum Gasteiger partial charge on any atom is 0.147 e. The van der Waals surface area contributed by atoms with Crippen molar-refractivity contribution in [1.29, 1.82) is 0 Å². The van der Waals surface area contributed by atoms with Gasteiger partial charge in [0.1, 0.15) is 5.65 Å². The van der Waals surface area contributed by atoms with Gasteiger partial charge < -0.3 is 0 Å². The van der Waals surface area contributed by atoms with E-state index in [1.807, 2.05) is 18.5 Å². The van der Waals surface area contributed by atoms with Gasteiger partial charge in [0.15, 0.2) is 0 Å². The summed E-state index contributed by atoms with van der Waals surface area (Å²) in [5.74, 6) is 0. The van der Waals surface area contributed by atoms with E-state index in [4.69, 9.17) is 21.8 Å². The maximum atomic E-state index is 7.14. The van der Waals surface area contributed by atoms with Gasteiger partial charge in [0.2, 0.25) is 0 Å². The van der Waals surface area contributed by atoms with Crippen molar-refractivity contribution in [2.45, 2.75) is 0 Å². The first-order valence-electron chi connectivity index (χ1n) is 15.8. The summed E-state index contributed by atoms with van der Waals surface area (Å²) in [5, 5.41) is 14.0. The number of para-hydroxylation sites is 3. The first-order chi connectivity index (χ1) is 23.2. The van der Waals surface area contributed by atoms with E-state index >= 15 is 0 Å². The summed E-state index contributed by atoms with van der Waals surface area (Å²) in [6.07, 6.45) is 4.01. The third kappa shape index (κ3) is 3.83. The fourth-order valence-corrected chi connectivity index (χ4v) is 11.4. The van der Waals surface area contributed by atoms with Crippen LogP contribution in [0.25, 0.3) is 70.7 Å². The third-order valence-corrected chi connectivity index (χ3v) is 14.6. The maximum absolute atomic E-state index is 7.14. The largest absolute Gasteiger partial charge is 0.292 e. The Labute approximate surface area is 275 Å². The van der Waals surface area contributed by atoms with Crippen molar-refractivity contribution in [3.63, 3.8) is 0 Å². The molecule has 5 heteroatoms. The Morgan fingerprint density at radius 3 is 1.98 bits per heavy atom. The molecule has 220 valence electrons. The van der Waals surface area contributed by atoms with Crippen LogP contribution in [0.4, 0.5) is 0 Å². The van der Waals surface area contributed by atoms with Crippen LogP contribution in [0.5, 0.6) is 0 Å². The normalized spacial score (nSPS) is 13.4. The molecule has 47 heavy (non-hydrogen) atoms. The summed E-state index contributed by atoms with van der Waals surface area (Å²) in [6.45, 7) is 0. The van der Waals surface area contributed by atoms with Gasteiger partial charge in [0.25, 0.3) is 0 Å². The molecule has 0 radical (unpaired) electrons. The lowest BCUT2D eigenvalue weighted by Crippen LogP contribution is -2.26. The van der Waals surface area contributed by atoms with Crippen molar-refractivity contribution in [3.8, 4) is 0 Å². The molecule has 1 unspecified atom stereocenters. The number of hydrogen-bond donors (Lipinski definition) is 0. The lowest BCUT2D eigenvalue weighted by Gasteiger charge is -2.27. The molecule has 0 saturated heterocycles. The van der Waals surface area contributed by atoms with Crippen LogP contribution in [0.15, 0.2) is 158 Å². The van der Waals surface area contributed by atoms with Gasteiger partial charge in [-0.3, -0.25) is 9.38 Å². The van der Waals surface area contributed by atoms with Gasteiger partial charge in [-0.05, 0) is 73.3 Å². The summed E-state index contributed by atoms with van der Waals surface area (Å²) >= 11 is 7.14. The van der Waals surface area contributed by atoms with Crippen molar-refractivity contribution in [1.82, 2.24) is 14.4 Å². The second kappa shape index (κ2) is 10.0. The molecule has 0 aliphatic heterocycles. The number of hydrogen-bond acceptors (Lipinski definition) is 3. The zero-order chi connectivity index (χ0) is 31.1. The average Bonchev–Trinajstić information content (AvgIpc) is 3.54. The number of aromatic nitrogens is 3. The minimum absolute atomic E-state index is 0.902. The minimum Gasteiger partial charge on any atom is -0.292 e. The molecule has 0 aliphatic rings. The smallest absolute Gasteiger partial charge is 0.147 e. The highest BCUT2D eigenvalue weighted by Crippen LogP contribution is 2.47. The summed E-state index contributed by atoms with van der Waals surface area (Å²) in [4.78, 5) is 10.1. The molecule has 1 atom stereocenters. The molecule has 10 rings (SSSR count). The lowest BCUT2D eigenvalue weighted by molar-refractivity contribution is 1.30. The quantitative estimate of drug-likeness (QED) is 0.143. The van der Waals surface area contributed by atoms with Crippen LogP contribution in [0.1, 0.15) is 0 Å². The Balaban J connectivity index is 1.36. The van der Waals surface area contributed by atoms with E-state index in [2.05, 4.69) is 144 Å². The first-order valence-corrected chi connectivity index (χ1v) is 18.6. The highest BCUT2D eigenvalue weighted by atomic mass is 32.4. The van der Waals surface area contributed by atoms with Crippen LogP contribution in [0, 0.1) is 0 Å². The zero-order valence-corrected chi connectivity index (χ0v) is 26.9. The fraction of sp³-hybridized carbons (Fsp3) is 0. The van der Waals surface area contributed by atoms with Crippen LogP contribution >= 0.6 is 6.04 Å². The van der Waals surface area contributed by atoms with E-state index in [1.165, 1.54) is 32.3 Å². The molecule has 0 spiro atoms. The Morgan fingerprint density at radius 2 is 1.11 bits per heavy atom. The molecule has 7 aromatic carbocycles. The number of benzene rings is 7. The molecule has 0 aliphatic carbocycles. The molecule has 0 bridgehead atoms. The molecule has 3 aromatic heterocycles. The standard InChI is InChI=1S/C42H26N3PS/c47-46(31-20-19-27-9-1-2-11-29(27)23-31,32-21-22-34-30(24-32)18-17-28-10-3-4-12-33(28)34)40-26-43-25-36-41(40)35-13-5-7-15-38(35)45-39-16-8-6-14-37(39)44-42(36)45/h1-26H. The van der Waals surface area contributed by atoms with E-state index in [1.54, 1.807) is 0 Å². The highest BCUT2D eigenvalue weighted by molar-refractivity contribution is 8.25. The van der Waals surface area contributed by atoms with Gasteiger partial charge in [0, 0.05) is 39.9 Å². The summed E-state index contributed by atoms with van der Waals surface area (Å²) in [7, 11) is 0. The van der Waals surface area contributed by atoms with Crippen molar-refractivity contribution >= 4 is 104 Å². The zero-order valence-electron chi connectivity index (χ0n) is 25.2. The van der Waals surface area contributed by atoms with Gasteiger partial charge in [-0.1, -0.05) is 127 Å². The number of pyridine rings is 2. The predicted molar refractivity (Wildman–Crippen MR) is 204 cm³/mol. The SMILES string of the molecule is S=P(c1ccc2ccccc2c1)(c1ccc2c(ccc3ccccc32)c1)c1cncc2c1c1ccccc1n1c3ccccc3nc21. The van der Waals surface area contributed by atoms with Crippen molar-refractivity contribution in [3.05, 3.63) is 158 Å². The number of fused-ring (bicyclic) bond motifs is 12. The molecule has 0 fully saturated rings. The molecule has 3 heterocycles. The third-order valence-electron chi connectivity index (χ3n) is 9.67. The Bertz CT molecular complexity index is 2960. The van der Waals surface area contributed by atoms with Crippen LogP contribution in [0.2, 0.25) is 0 Å². The molecule has 10 aromatic rings. The highest BCUT2D eigenvalue weighted by Gasteiger charge is 2.30. The first kappa shape index (κ1) is 26.8. The van der Waals surface area contributed by atoms with Gasteiger partial charge in [-0.15, -0.1) is 0 Å². The molecular weight excluding hydrogens is 610 g/mol. The van der Waals surface area contributed by atoms with Crippen molar-refractivity contribution < 1.29 is 0 Å². The predicted octanol–water partition coefficient (Wildman–Crippen LogP) is 9.40. The van der Waals surface area contributed by atoms with Gasteiger partial charge in [-0.25, -0.2) is 4.98 Å². The van der Waals surface area contributed by atoms with Crippen LogP contribution in [-0.4, -0.2) is 14.4 Å². The second-order valence-corrected chi connectivity index (χ2v) is 16.6. The molecular formula is C42H26N3PS. The average molecular weight is 636 g/mol. The van der Waals surface area contributed by atoms with Gasteiger partial charge in [0.05, 0.1) is 16.6 Å². The molecule has 0 N–H and O–H groups in total. The topological polar surface area (TPSA) is 30.2 Å². The fourth-order valence-electron chi connectivity index (χ4n) is 7.47. The Hall–Kier alpha value is -5.41. The van der Waals surface area contributed by atoms with E-state index in [-0.39, 0.29) is 0 Å². The van der Waals surface area contributed by atoms with E-state index in [0.29, 0.717) is 0 Å². The Kier molecular flexibility index (Phi) is 5.72. The monoisotopic (exact) mass is 635 g/mol. The van der Waals surface area contributed by atoms with E-state index in [9.17, 15) is 0 Å². The molecule has 0 saturated carbocycles. The van der Waals surface area contributed by atoms with E-state index in [0.717, 1.165) is 54.3 Å².